The number of hydrogen-bond acceptors (Lipinski definition) is 3. The van der Waals surface area contributed by atoms with Gasteiger partial charge >= 0.3 is 12.1 Å². The van der Waals surface area contributed by atoms with Crippen LogP contribution < -0.4 is 0 Å². The molecule has 1 aliphatic rings. The molecule has 6 nitrogen and oxygen atoms in total. The first kappa shape index (κ1) is 17.0. The van der Waals surface area contributed by atoms with Crippen molar-refractivity contribution in [1.82, 2.24) is 14.5 Å². The maximum absolute atomic E-state index is 13.2. The van der Waals surface area contributed by atoms with Gasteiger partial charge < -0.3 is 14.6 Å². The van der Waals surface area contributed by atoms with Gasteiger partial charge in [0.1, 0.15) is 0 Å². The number of halogens is 3. The van der Waals surface area contributed by atoms with Gasteiger partial charge in [-0.05, 0) is 30.7 Å². The third-order valence-corrected chi connectivity index (χ3v) is 4.43. The molecule has 1 aromatic carbocycles. The highest BCUT2D eigenvalue weighted by Crippen LogP contribution is 2.46. The van der Waals surface area contributed by atoms with E-state index >= 15 is 0 Å². The Bertz CT molecular complexity index is 787. The number of aliphatic carboxylic acids is 1. The Balaban J connectivity index is 1.79. The summed E-state index contributed by atoms with van der Waals surface area (Å²) in [6, 6.07) is 6.26. The van der Waals surface area contributed by atoms with Crippen molar-refractivity contribution in [2.75, 3.05) is 13.1 Å². The smallest absolute Gasteiger partial charge is 0.406 e. The van der Waals surface area contributed by atoms with E-state index in [4.69, 9.17) is 5.11 Å². The summed E-state index contributed by atoms with van der Waals surface area (Å²) < 4.78 is 41.3. The van der Waals surface area contributed by atoms with E-state index in [1.165, 1.54) is 12.1 Å². The molecule has 9 heteroatoms. The molecule has 1 saturated heterocycles. The summed E-state index contributed by atoms with van der Waals surface area (Å²) in [5, 5.41) is 9.04. The van der Waals surface area contributed by atoms with Crippen molar-refractivity contribution < 1.29 is 27.9 Å². The van der Waals surface area contributed by atoms with E-state index in [1.807, 2.05) is 0 Å². The molecule has 0 spiro atoms. The topological polar surface area (TPSA) is 75.4 Å². The highest BCUT2D eigenvalue weighted by molar-refractivity contribution is 5.95. The number of aromatic nitrogens is 2. The molecule has 3 rings (SSSR count). The highest BCUT2D eigenvalue weighted by atomic mass is 19.4. The first-order valence-electron chi connectivity index (χ1n) is 7.42. The van der Waals surface area contributed by atoms with E-state index in [-0.39, 0.29) is 12.1 Å². The van der Waals surface area contributed by atoms with Crippen LogP contribution in [0.5, 0.6) is 0 Å². The first-order valence-corrected chi connectivity index (χ1v) is 7.42. The molecular formula is C16H14F3N3O3. The lowest BCUT2D eigenvalue weighted by Gasteiger charge is -2.27. The number of rotatable bonds is 3. The maximum Gasteiger partial charge on any atom is 0.406 e. The molecule has 0 saturated carbocycles. The second kappa shape index (κ2) is 5.91. The summed E-state index contributed by atoms with van der Waals surface area (Å²) >= 11 is 0. The van der Waals surface area contributed by atoms with Gasteiger partial charge in [-0.3, -0.25) is 9.59 Å². The van der Waals surface area contributed by atoms with Crippen LogP contribution in [-0.4, -0.2) is 50.7 Å². The molecule has 0 aliphatic carbocycles. The highest BCUT2D eigenvalue weighted by Gasteiger charge is 2.64. The normalized spacial score (nSPS) is 20.7. The molecule has 1 fully saturated rings. The van der Waals surface area contributed by atoms with Crippen LogP contribution >= 0.6 is 0 Å². The first-order chi connectivity index (χ1) is 11.7. The lowest BCUT2D eigenvalue weighted by Crippen LogP contribution is -2.47. The van der Waals surface area contributed by atoms with Gasteiger partial charge in [-0.15, -0.1) is 0 Å². The van der Waals surface area contributed by atoms with Crippen LogP contribution in [0.25, 0.3) is 5.69 Å². The average molecular weight is 353 g/mol. The molecule has 1 N–H and O–H groups in total. The van der Waals surface area contributed by atoms with Crippen LogP contribution in [0.4, 0.5) is 13.2 Å². The van der Waals surface area contributed by atoms with Crippen LogP contribution in [0, 0.1) is 5.41 Å². The van der Waals surface area contributed by atoms with E-state index in [9.17, 15) is 22.8 Å². The number of carbonyl (C=O) groups excluding carboxylic acids is 1. The van der Waals surface area contributed by atoms with Crippen molar-refractivity contribution in [3.8, 4) is 5.69 Å². The number of amides is 1. The van der Waals surface area contributed by atoms with Crippen molar-refractivity contribution in [2.45, 2.75) is 12.6 Å². The van der Waals surface area contributed by atoms with E-state index < -0.39 is 36.4 Å². The summed E-state index contributed by atoms with van der Waals surface area (Å²) in [6.45, 7) is -1.14. The molecule has 132 valence electrons. The molecule has 2 heterocycles. The Morgan fingerprint density at radius 2 is 1.88 bits per heavy atom. The van der Waals surface area contributed by atoms with Gasteiger partial charge in [-0.1, -0.05) is 0 Å². The van der Waals surface area contributed by atoms with E-state index in [0.29, 0.717) is 0 Å². The zero-order chi connectivity index (χ0) is 18.2. The summed E-state index contributed by atoms with van der Waals surface area (Å²) in [5.41, 5.74) is -1.96. The third-order valence-electron chi connectivity index (χ3n) is 4.43. The number of imidazole rings is 1. The quantitative estimate of drug-likeness (QED) is 0.919. The molecule has 0 bridgehead atoms. The van der Waals surface area contributed by atoms with Crippen molar-refractivity contribution in [1.29, 1.82) is 0 Å². The van der Waals surface area contributed by atoms with Gasteiger partial charge in [0.25, 0.3) is 5.91 Å². The lowest BCUT2D eigenvalue weighted by molar-refractivity contribution is -0.227. The maximum atomic E-state index is 13.2. The number of carbonyl (C=O) groups is 2. The fourth-order valence-corrected chi connectivity index (χ4v) is 2.88. The van der Waals surface area contributed by atoms with Crippen LogP contribution in [-0.2, 0) is 4.79 Å². The Morgan fingerprint density at radius 1 is 1.20 bits per heavy atom. The van der Waals surface area contributed by atoms with Gasteiger partial charge in [0.15, 0.2) is 5.41 Å². The average Bonchev–Trinajstić information content (AvgIpc) is 3.24. The van der Waals surface area contributed by atoms with E-state index in [2.05, 4.69) is 4.98 Å². The number of nitrogens with zero attached hydrogens (tertiary/aromatic N) is 3. The molecule has 1 unspecified atom stereocenters. The molecule has 1 aliphatic heterocycles. The molecule has 25 heavy (non-hydrogen) atoms. The lowest BCUT2D eigenvalue weighted by atomic mass is 9.86. The Kier molecular flexibility index (Phi) is 4.02. The van der Waals surface area contributed by atoms with Gasteiger partial charge in [-0.25, -0.2) is 4.98 Å². The predicted molar refractivity (Wildman–Crippen MR) is 80.2 cm³/mol. The molecule has 2 aromatic rings. The molecular weight excluding hydrogens is 339 g/mol. The van der Waals surface area contributed by atoms with Gasteiger partial charge in [0.2, 0.25) is 0 Å². The Labute approximate surface area is 140 Å². The second-order valence-corrected chi connectivity index (χ2v) is 5.88. The SMILES string of the molecule is O=C(c1ccc(-n2ccnc2)cc1)N1CCC(C(=O)O)(C(F)(F)F)C1. The van der Waals surface area contributed by atoms with Crippen LogP contribution in [0.1, 0.15) is 16.8 Å². The third kappa shape index (κ3) is 2.86. The minimum absolute atomic E-state index is 0.201. The minimum Gasteiger partial charge on any atom is -0.481 e. The number of alkyl halides is 3. The fourth-order valence-electron chi connectivity index (χ4n) is 2.88. The predicted octanol–water partition coefficient (Wildman–Crippen LogP) is 2.35. The van der Waals surface area contributed by atoms with E-state index in [1.54, 1.807) is 35.4 Å². The van der Waals surface area contributed by atoms with Crippen molar-refractivity contribution in [2.24, 2.45) is 5.41 Å². The monoisotopic (exact) mass is 353 g/mol. The number of hydrogen-bond donors (Lipinski definition) is 1. The largest absolute Gasteiger partial charge is 0.481 e. The molecule has 0 radical (unpaired) electrons. The molecule has 1 atom stereocenters. The zero-order valence-corrected chi connectivity index (χ0v) is 12.9. The second-order valence-electron chi connectivity index (χ2n) is 5.88. The number of likely N-dealkylation sites (tertiary alicyclic amines) is 1. The Morgan fingerprint density at radius 3 is 2.36 bits per heavy atom. The van der Waals surface area contributed by atoms with Crippen molar-refractivity contribution in [3.63, 3.8) is 0 Å². The standard InChI is InChI=1S/C16H14F3N3O3/c17-16(18,19)15(14(24)25)5-7-21(9-15)13(23)11-1-3-12(4-2-11)22-8-6-20-10-22/h1-4,6,8,10H,5,7,9H2,(H,24,25). The van der Waals surface area contributed by atoms with Crippen molar-refractivity contribution in [3.05, 3.63) is 48.5 Å². The number of benzene rings is 1. The number of carboxylic acid groups (broad SMARTS) is 1. The van der Waals surface area contributed by atoms with Crippen molar-refractivity contribution >= 4 is 11.9 Å². The van der Waals surface area contributed by atoms with Gasteiger partial charge in [-0.2, -0.15) is 13.2 Å². The fraction of sp³-hybridized carbons (Fsp3) is 0.312. The summed E-state index contributed by atoms with van der Waals surface area (Å²) in [4.78, 5) is 28.5. The van der Waals surface area contributed by atoms with Crippen LogP contribution in [0.3, 0.4) is 0 Å². The molecule has 1 aromatic heterocycles. The molecule has 1 amide bonds. The zero-order valence-electron chi connectivity index (χ0n) is 12.9. The summed E-state index contributed by atoms with van der Waals surface area (Å²) in [7, 11) is 0. The van der Waals surface area contributed by atoms with Crippen LogP contribution in [0.15, 0.2) is 43.0 Å². The van der Waals surface area contributed by atoms with Crippen LogP contribution in [0.2, 0.25) is 0 Å². The number of carboxylic acids is 1. The van der Waals surface area contributed by atoms with Gasteiger partial charge in [0, 0.05) is 36.7 Å². The minimum atomic E-state index is -4.92. The van der Waals surface area contributed by atoms with Gasteiger partial charge in [0.05, 0.1) is 6.33 Å². The Hall–Kier alpha value is -2.84. The van der Waals surface area contributed by atoms with E-state index in [0.717, 1.165) is 10.6 Å². The summed E-state index contributed by atoms with van der Waals surface area (Å²) in [6.07, 6.45) is -0.695. The summed E-state index contributed by atoms with van der Waals surface area (Å²) in [5.74, 6) is -2.57.